The van der Waals surface area contributed by atoms with Crippen LogP contribution in [0.15, 0.2) is 91.0 Å². The summed E-state index contributed by atoms with van der Waals surface area (Å²) < 4.78 is 0. The van der Waals surface area contributed by atoms with Crippen molar-refractivity contribution in [3.8, 4) is 11.5 Å². The number of amides is 15. The predicted octanol–water partition coefficient (Wildman–Crippen LogP) is -5.86. The van der Waals surface area contributed by atoms with Crippen molar-refractivity contribution in [1.29, 1.82) is 21.6 Å². The van der Waals surface area contributed by atoms with Crippen LogP contribution in [-0.2, 0) is 86.4 Å². The third-order valence-corrected chi connectivity index (χ3v) is 22.7. The van der Waals surface area contributed by atoms with E-state index in [1.54, 1.807) is 6.07 Å². The number of nitrogens with two attached hydrogens (primary N) is 8. The summed E-state index contributed by atoms with van der Waals surface area (Å²) in [6, 6.07) is 2.45. The fourth-order valence-electron chi connectivity index (χ4n) is 14.6. The van der Waals surface area contributed by atoms with Crippen molar-refractivity contribution in [3.63, 3.8) is 0 Å². The Hall–Kier alpha value is -13.7. The molecule has 14 atom stereocenters. The summed E-state index contributed by atoms with van der Waals surface area (Å²) >= 11 is 8.67. The van der Waals surface area contributed by atoms with Gasteiger partial charge >= 0.3 is 12.0 Å². The van der Waals surface area contributed by atoms with Crippen LogP contribution < -0.4 is 136 Å². The zero-order valence-corrected chi connectivity index (χ0v) is 78.4. The lowest BCUT2D eigenvalue weighted by atomic mass is 10.00. The first-order chi connectivity index (χ1) is 65.2. The first-order valence-corrected chi connectivity index (χ1v) is 46.4. The summed E-state index contributed by atoms with van der Waals surface area (Å²) in [5.41, 5.74) is 46.5. The monoisotopic (exact) mass is 1950 g/mol. The molecular formula is C87H136N30O18S2. The SMILES string of the molecule is C[C@H](N)C(=O)N[C@@H](CCCNC(=N)N)C(=O)N[C@@H](Cc1ccc2ccccc2c1)C(=O)N[C@@H](CS)C(=O)N[C@@H](Cc1ccc(O)cc1)C(=O)N[C@@H](CCCNC(=N)N)C(=O)N[C@@H](CCCCN)C(=O)N[C@H](CCCCN)C(=O)N1CCC[C@H]1C(=O)N[C@@H](Cc1ccc(O)cc1)C(=O)N[C@@H](CCCNC(=N)N)C(=O)N[C@@H](CCCNC(N)=O)C(=O)N[C@@H](CS)C(=O)N[C@@H](CCCNC(=N)N)C(=O)O. The number of primary amides is 1. The van der Waals surface area contributed by atoms with Crippen molar-refractivity contribution < 1.29 is 87.2 Å². The minimum atomic E-state index is -1.61. The molecule has 1 aliphatic rings. The molecular weight excluding hydrogens is 1820 g/mol. The van der Waals surface area contributed by atoms with Gasteiger partial charge in [0.05, 0.1) is 6.04 Å². The Balaban J connectivity index is 1.46. The molecule has 1 saturated heterocycles. The number of carbonyl (C=O) groups is 15. The van der Waals surface area contributed by atoms with Gasteiger partial charge in [-0.2, -0.15) is 25.3 Å². The molecule has 0 bridgehead atoms. The lowest BCUT2D eigenvalue weighted by molar-refractivity contribution is -0.142. The van der Waals surface area contributed by atoms with Gasteiger partial charge in [-0.05, 0) is 187 Å². The van der Waals surface area contributed by atoms with Crippen LogP contribution in [0.25, 0.3) is 10.8 Å². The van der Waals surface area contributed by atoms with Crippen LogP contribution in [0.2, 0.25) is 0 Å². The van der Waals surface area contributed by atoms with E-state index >= 15 is 28.8 Å². The van der Waals surface area contributed by atoms with Gasteiger partial charge in [-0.15, -0.1) is 0 Å². The van der Waals surface area contributed by atoms with Crippen molar-refractivity contribution in [2.24, 2.45) is 45.9 Å². The third-order valence-electron chi connectivity index (χ3n) is 22.0. The number of thiol groups is 2. The molecule has 754 valence electrons. The van der Waals surface area contributed by atoms with Crippen LogP contribution in [0.4, 0.5) is 4.79 Å². The average Bonchev–Trinajstić information content (AvgIpc) is 1.75. The Bertz CT molecular complexity index is 4740. The minimum absolute atomic E-state index is 0.00958. The van der Waals surface area contributed by atoms with E-state index < -0.39 is 191 Å². The van der Waals surface area contributed by atoms with E-state index in [2.05, 4.69) is 116 Å². The Labute approximate surface area is 804 Å². The summed E-state index contributed by atoms with van der Waals surface area (Å²) in [5.74, 6) is -15.9. The number of aliphatic carboxylic acids is 1. The molecule has 0 radical (unpaired) electrons. The first-order valence-electron chi connectivity index (χ1n) is 45.2. The Kier molecular flexibility index (Phi) is 50.3. The van der Waals surface area contributed by atoms with Crippen LogP contribution >= 0.6 is 25.3 Å². The molecule has 48 nitrogen and oxygen atoms in total. The average molecular weight is 1950 g/mol. The number of benzene rings is 4. The van der Waals surface area contributed by atoms with Crippen LogP contribution in [0, 0.1) is 21.6 Å². The molecule has 137 heavy (non-hydrogen) atoms. The maximum Gasteiger partial charge on any atom is 0.326 e. The van der Waals surface area contributed by atoms with Crippen LogP contribution in [0.3, 0.4) is 0 Å². The highest BCUT2D eigenvalue weighted by molar-refractivity contribution is 7.80. The number of fused-ring (bicyclic) bond motifs is 1. The van der Waals surface area contributed by atoms with Gasteiger partial charge < -0.3 is 156 Å². The molecule has 15 amide bonds. The topological polar surface area (TPSA) is 828 Å². The summed E-state index contributed by atoms with van der Waals surface area (Å²) in [7, 11) is 0. The number of urea groups is 1. The zero-order chi connectivity index (χ0) is 101. The van der Waals surface area contributed by atoms with Gasteiger partial charge in [0.15, 0.2) is 23.8 Å². The number of carboxylic acid groups (broad SMARTS) is 1. The molecule has 4 aromatic rings. The Morgan fingerprint density at radius 2 is 0.672 bits per heavy atom. The summed E-state index contributed by atoms with van der Waals surface area (Å²) in [6.45, 7) is 1.70. The van der Waals surface area contributed by atoms with Gasteiger partial charge in [-0.1, -0.05) is 66.7 Å². The number of likely N-dealkylation sites (tertiary alicyclic amines) is 1. The molecule has 0 aromatic heterocycles. The highest BCUT2D eigenvalue weighted by Gasteiger charge is 2.42. The fourth-order valence-corrected chi connectivity index (χ4v) is 15.1. The number of hydrogen-bond donors (Lipinski definition) is 34. The van der Waals surface area contributed by atoms with Crippen molar-refractivity contribution in [2.45, 2.75) is 226 Å². The number of nitrogens with one attached hydrogen (secondary N) is 21. The van der Waals surface area contributed by atoms with Crippen LogP contribution in [0.5, 0.6) is 11.5 Å². The first kappa shape index (κ1) is 114. The number of phenols is 2. The van der Waals surface area contributed by atoms with E-state index in [4.69, 9.17) is 67.5 Å². The molecule has 0 spiro atoms. The van der Waals surface area contributed by atoms with Gasteiger partial charge in [-0.3, -0.25) is 84.0 Å². The van der Waals surface area contributed by atoms with Gasteiger partial charge in [0.1, 0.15) is 90.0 Å². The van der Waals surface area contributed by atoms with E-state index in [1.165, 1.54) is 60.4 Å². The van der Waals surface area contributed by atoms with Crippen molar-refractivity contribution in [1.82, 2.24) is 95.3 Å². The molecule has 1 heterocycles. The molecule has 1 aliphatic heterocycles. The molecule has 0 unspecified atom stereocenters. The number of hydrogen-bond acceptors (Lipinski definition) is 26. The van der Waals surface area contributed by atoms with Gasteiger partial charge in [0.25, 0.3) is 0 Å². The second-order valence-electron chi connectivity index (χ2n) is 33.0. The molecule has 4 aromatic carbocycles. The van der Waals surface area contributed by atoms with Gasteiger partial charge in [0, 0.05) is 70.0 Å². The molecule has 0 aliphatic carbocycles. The number of rotatable bonds is 62. The molecule has 5 rings (SSSR count). The third kappa shape index (κ3) is 42.0. The standard InChI is InChI=1S/C87H136N30O18S2/c1-48(90)69(120)105-57(18-8-36-100-83(91)92)73(124)112-65(45-51-24-29-52-14-2-3-15-53(52)42-51)77(128)116-67(47-137)79(130)113-63(43-49-25-30-54(118)31-26-49)75(126)108-58(19-9-37-101-84(93)94)70(121)106-56(16-4-6-34-88)72(123)110-61(17-5-7-35-89)81(132)117-41-13-23-68(117)80(131)114-64(44-50-27-32-55(119)33-28-50)76(127)109-59(20-10-38-102-85(95)96)71(122)107-60(21-11-40-104-87(99)135)74(125)115-66(46-136)78(129)111-62(82(133)134)22-12-39-103-86(97)98/h2-3,14-15,24-33,42,48,56-68,118-119,136-137H,4-13,16-23,34-41,43-47,88-90H2,1H3,(H,105,120)(H,106,121)(H,107,122)(H,108,126)(H,109,127)(H,110,123)(H,111,129)(H,112,124)(H,113,130)(H,114,131)(H,115,125)(H,116,128)(H,133,134)(H4,91,92,100)(H4,93,94,101)(H4,95,96,102)(H4,97,98,103)(H3,99,104,135)/t48-,56-,57-,58-,59-,60-,61+,62-,63-,64-,65-,66-,67-,68-/m0/s1. The van der Waals surface area contributed by atoms with E-state index in [0.29, 0.717) is 29.5 Å². The van der Waals surface area contributed by atoms with Gasteiger partial charge in [-0.25, -0.2) is 9.59 Å². The maximum atomic E-state index is 15.4. The largest absolute Gasteiger partial charge is 0.508 e. The zero-order valence-electron chi connectivity index (χ0n) is 76.6. The Morgan fingerprint density at radius 1 is 0.372 bits per heavy atom. The lowest BCUT2D eigenvalue weighted by Crippen LogP contribution is -2.61. The van der Waals surface area contributed by atoms with E-state index in [0.717, 1.165) is 10.8 Å². The van der Waals surface area contributed by atoms with Crippen LogP contribution in [0.1, 0.15) is 139 Å². The molecule has 0 saturated carbocycles. The number of phenolic OH excluding ortho intramolecular Hbond substituents is 2. The normalized spacial score (nSPS) is 15.0. The van der Waals surface area contributed by atoms with E-state index in [1.807, 2.05) is 36.4 Å². The summed E-state index contributed by atoms with van der Waals surface area (Å²) in [6.07, 6.45) is -0.121. The van der Waals surface area contributed by atoms with E-state index in [9.17, 15) is 58.5 Å². The van der Waals surface area contributed by atoms with Crippen molar-refractivity contribution >= 4 is 149 Å². The van der Waals surface area contributed by atoms with Crippen molar-refractivity contribution in [2.75, 3.05) is 63.9 Å². The number of carbonyl (C=O) groups excluding carboxylic acids is 14. The number of guanidine groups is 4. The smallest absolute Gasteiger partial charge is 0.326 e. The number of carboxylic acids is 1. The quantitative estimate of drug-likeness (QED) is 0.00847. The summed E-state index contributed by atoms with van der Waals surface area (Å²) in [4.78, 5) is 216. The number of nitrogens with zero attached hydrogens (tertiary/aromatic N) is 1. The maximum absolute atomic E-state index is 15.4. The second kappa shape index (κ2) is 60.6. The number of aromatic hydroxyl groups is 2. The fraction of sp³-hybridized carbons (Fsp3) is 0.529. The van der Waals surface area contributed by atoms with Crippen molar-refractivity contribution in [3.05, 3.63) is 108 Å². The minimum Gasteiger partial charge on any atom is -0.508 e. The van der Waals surface area contributed by atoms with Crippen LogP contribution in [-0.4, -0.2) is 281 Å². The van der Waals surface area contributed by atoms with E-state index in [-0.39, 0.29) is 204 Å². The van der Waals surface area contributed by atoms with Gasteiger partial charge in [0.2, 0.25) is 76.8 Å². The highest BCUT2D eigenvalue weighted by atomic mass is 32.1. The lowest BCUT2D eigenvalue weighted by Gasteiger charge is -2.31. The molecule has 40 N–H and O–H groups in total. The highest BCUT2D eigenvalue weighted by Crippen LogP contribution is 2.24. The molecule has 1 fully saturated rings. The second-order valence-corrected chi connectivity index (χ2v) is 33.7. The summed E-state index contributed by atoms with van der Waals surface area (Å²) in [5, 5.41) is 107. The molecule has 50 heteroatoms. The predicted molar refractivity (Wildman–Crippen MR) is 517 cm³/mol. The Morgan fingerprint density at radius 3 is 1.04 bits per heavy atom. The number of unbranched alkanes of at least 4 members (excludes halogenated alkanes) is 2.